The first-order valence-corrected chi connectivity index (χ1v) is 10.9. The molecule has 0 radical (unpaired) electrons. The maximum atomic E-state index is 12.3. The van der Waals surface area contributed by atoms with E-state index in [0.29, 0.717) is 24.4 Å². The molecule has 1 unspecified atom stereocenters. The van der Waals surface area contributed by atoms with Crippen molar-refractivity contribution >= 4 is 11.9 Å². The third kappa shape index (κ3) is 7.69. The molecule has 0 aromatic heterocycles. The summed E-state index contributed by atoms with van der Waals surface area (Å²) >= 11 is 0. The molecule has 6 nitrogen and oxygen atoms in total. The molecule has 1 fully saturated rings. The van der Waals surface area contributed by atoms with Crippen LogP contribution in [0.5, 0.6) is 0 Å². The van der Waals surface area contributed by atoms with Crippen LogP contribution in [0.1, 0.15) is 39.7 Å². The highest BCUT2D eigenvalue weighted by atomic mass is 16.2. The highest BCUT2D eigenvalue weighted by molar-refractivity contribution is 5.80. The molecule has 1 atom stereocenters. The molecule has 1 aliphatic rings. The second-order valence-electron chi connectivity index (χ2n) is 8.45. The smallest absolute Gasteiger partial charge is 0.223 e. The molecule has 6 heteroatoms. The molecule has 1 aliphatic heterocycles. The zero-order chi connectivity index (χ0) is 21.2. The monoisotopic (exact) mass is 401 g/mol. The molecule has 1 aromatic carbocycles. The topological polar surface area (TPSA) is 60.0 Å². The van der Waals surface area contributed by atoms with E-state index in [1.54, 1.807) is 7.05 Å². The standard InChI is InChI=1S/C23H39N5O/c1-18(2)28(19(3)4)14-12-25-23(24-5)26-16-21-15-22(29)27(17-21)13-11-20-9-7-6-8-10-20/h6-10,18-19,21H,11-17H2,1-5H3,(H2,24,25,26). The molecule has 0 bridgehead atoms. The second-order valence-corrected chi connectivity index (χ2v) is 8.45. The van der Waals surface area contributed by atoms with E-state index in [4.69, 9.17) is 0 Å². The number of guanidine groups is 1. The van der Waals surface area contributed by atoms with E-state index in [1.165, 1.54) is 5.56 Å². The van der Waals surface area contributed by atoms with E-state index in [9.17, 15) is 4.79 Å². The Morgan fingerprint density at radius 1 is 1.17 bits per heavy atom. The Kier molecular flexibility index (Phi) is 9.45. The Labute approximate surface area is 176 Å². The van der Waals surface area contributed by atoms with Crippen LogP contribution in [0.25, 0.3) is 0 Å². The Hall–Kier alpha value is -2.08. The van der Waals surface area contributed by atoms with Crippen LogP contribution in [-0.4, -0.2) is 73.5 Å². The van der Waals surface area contributed by atoms with Crippen LogP contribution < -0.4 is 10.6 Å². The van der Waals surface area contributed by atoms with Crippen molar-refractivity contribution < 1.29 is 4.79 Å². The first-order chi connectivity index (χ1) is 13.9. The van der Waals surface area contributed by atoms with Gasteiger partial charge in [-0.2, -0.15) is 0 Å². The summed E-state index contributed by atoms with van der Waals surface area (Å²) in [4.78, 5) is 21.1. The maximum Gasteiger partial charge on any atom is 0.223 e. The van der Waals surface area contributed by atoms with E-state index in [1.807, 2.05) is 23.1 Å². The molecule has 0 saturated carbocycles. The van der Waals surface area contributed by atoms with Gasteiger partial charge in [0.2, 0.25) is 5.91 Å². The summed E-state index contributed by atoms with van der Waals surface area (Å²) < 4.78 is 0. The SMILES string of the molecule is CN=C(NCCN(C(C)C)C(C)C)NCC1CC(=O)N(CCc2ccccc2)C1. The average molecular weight is 402 g/mol. The summed E-state index contributed by atoms with van der Waals surface area (Å²) in [5.41, 5.74) is 1.28. The number of carbonyl (C=O) groups is 1. The minimum absolute atomic E-state index is 0.264. The largest absolute Gasteiger partial charge is 0.356 e. The predicted molar refractivity (Wildman–Crippen MR) is 121 cm³/mol. The van der Waals surface area contributed by atoms with Gasteiger partial charge in [0.05, 0.1) is 0 Å². The molecule has 2 rings (SSSR count). The highest BCUT2D eigenvalue weighted by Crippen LogP contribution is 2.17. The van der Waals surface area contributed by atoms with E-state index >= 15 is 0 Å². The zero-order valence-corrected chi connectivity index (χ0v) is 18.8. The summed E-state index contributed by atoms with van der Waals surface area (Å²) in [5.74, 6) is 1.41. The van der Waals surface area contributed by atoms with Gasteiger partial charge in [0.15, 0.2) is 5.96 Å². The van der Waals surface area contributed by atoms with Gasteiger partial charge in [0.1, 0.15) is 0 Å². The number of benzene rings is 1. The Bertz CT molecular complexity index is 636. The summed E-state index contributed by atoms with van der Waals surface area (Å²) in [6.45, 7) is 13.1. The molecule has 1 amide bonds. The number of nitrogens with zero attached hydrogens (tertiary/aromatic N) is 3. The minimum Gasteiger partial charge on any atom is -0.356 e. The normalized spacial score (nSPS) is 17.7. The summed E-state index contributed by atoms with van der Waals surface area (Å²) in [6.07, 6.45) is 1.53. The van der Waals surface area contributed by atoms with Gasteiger partial charge in [0, 0.05) is 64.2 Å². The van der Waals surface area contributed by atoms with E-state index in [-0.39, 0.29) is 5.91 Å². The molecule has 1 heterocycles. The van der Waals surface area contributed by atoms with E-state index in [2.05, 4.69) is 60.4 Å². The van der Waals surface area contributed by atoms with E-state index in [0.717, 1.165) is 45.1 Å². The number of likely N-dealkylation sites (tertiary alicyclic amines) is 1. The van der Waals surface area contributed by atoms with Crippen molar-refractivity contribution in [1.29, 1.82) is 0 Å². The Morgan fingerprint density at radius 2 is 1.86 bits per heavy atom. The lowest BCUT2D eigenvalue weighted by molar-refractivity contribution is -0.127. The summed E-state index contributed by atoms with van der Waals surface area (Å²) in [6, 6.07) is 11.4. The highest BCUT2D eigenvalue weighted by Gasteiger charge is 2.29. The van der Waals surface area contributed by atoms with Crippen LogP contribution in [0.2, 0.25) is 0 Å². The molecule has 0 spiro atoms. The molecule has 162 valence electrons. The van der Waals surface area contributed by atoms with Gasteiger partial charge in [-0.3, -0.25) is 14.7 Å². The third-order valence-corrected chi connectivity index (χ3v) is 5.58. The summed E-state index contributed by atoms with van der Waals surface area (Å²) in [7, 11) is 1.80. The first kappa shape index (κ1) is 23.2. The molecule has 1 saturated heterocycles. The lowest BCUT2D eigenvalue weighted by Crippen LogP contribution is -2.46. The fourth-order valence-corrected chi connectivity index (χ4v) is 3.99. The van der Waals surface area contributed by atoms with Crippen LogP contribution in [0, 0.1) is 5.92 Å². The number of hydrogen-bond acceptors (Lipinski definition) is 3. The average Bonchev–Trinajstić information content (AvgIpc) is 3.05. The van der Waals surface area contributed by atoms with Gasteiger partial charge in [-0.1, -0.05) is 30.3 Å². The van der Waals surface area contributed by atoms with Crippen molar-refractivity contribution in [3.05, 3.63) is 35.9 Å². The molecule has 29 heavy (non-hydrogen) atoms. The zero-order valence-electron chi connectivity index (χ0n) is 18.8. The van der Waals surface area contributed by atoms with Crippen LogP contribution in [-0.2, 0) is 11.2 Å². The third-order valence-electron chi connectivity index (χ3n) is 5.58. The molecule has 2 N–H and O–H groups in total. The van der Waals surface area contributed by atoms with Gasteiger partial charge < -0.3 is 15.5 Å². The fourth-order valence-electron chi connectivity index (χ4n) is 3.99. The van der Waals surface area contributed by atoms with E-state index < -0.39 is 0 Å². The number of carbonyl (C=O) groups excluding carboxylic acids is 1. The minimum atomic E-state index is 0.264. The van der Waals surface area contributed by atoms with Crippen molar-refractivity contribution in [1.82, 2.24) is 20.4 Å². The number of rotatable bonds is 10. The number of hydrogen-bond donors (Lipinski definition) is 2. The summed E-state index contributed by atoms with van der Waals surface area (Å²) in [5, 5.41) is 6.80. The van der Waals surface area contributed by atoms with Crippen LogP contribution in [0.4, 0.5) is 0 Å². The Balaban J connectivity index is 1.70. The van der Waals surface area contributed by atoms with Gasteiger partial charge in [-0.15, -0.1) is 0 Å². The van der Waals surface area contributed by atoms with Crippen molar-refractivity contribution in [2.75, 3.05) is 39.8 Å². The van der Waals surface area contributed by atoms with Crippen molar-refractivity contribution in [3.8, 4) is 0 Å². The maximum absolute atomic E-state index is 12.3. The van der Waals surface area contributed by atoms with Crippen LogP contribution in [0.3, 0.4) is 0 Å². The van der Waals surface area contributed by atoms with Crippen LogP contribution >= 0.6 is 0 Å². The Morgan fingerprint density at radius 3 is 2.48 bits per heavy atom. The van der Waals surface area contributed by atoms with Crippen molar-refractivity contribution in [2.24, 2.45) is 10.9 Å². The predicted octanol–water partition coefficient (Wildman–Crippen LogP) is 2.36. The van der Waals surface area contributed by atoms with Gasteiger partial charge in [0.25, 0.3) is 0 Å². The number of amides is 1. The fraction of sp³-hybridized carbons (Fsp3) is 0.652. The number of nitrogens with one attached hydrogen (secondary N) is 2. The second kappa shape index (κ2) is 11.8. The lowest BCUT2D eigenvalue weighted by atomic mass is 10.1. The first-order valence-electron chi connectivity index (χ1n) is 10.9. The van der Waals surface area contributed by atoms with Crippen LogP contribution in [0.15, 0.2) is 35.3 Å². The van der Waals surface area contributed by atoms with Gasteiger partial charge in [-0.25, -0.2) is 0 Å². The van der Waals surface area contributed by atoms with Gasteiger partial charge in [-0.05, 0) is 39.7 Å². The van der Waals surface area contributed by atoms with Crippen molar-refractivity contribution in [2.45, 2.75) is 52.6 Å². The van der Waals surface area contributed by atoms with Crippen molar-refractivity contribution in [3.63, 3.8) is 0 Å². The molecule has 0 aliphatic carbocycles. The lowest BCUT2D eigenvalue weighted by Gasteiger charge is -2.30. The quantitative estimate of drug-likeness (QED) is 0.467. The molecular formula is C23H39N5O. The van der Waals surface area contributed by atoms with Gasteiger partial charge >= 0.3 is 0 Å². The molecular weight excluding hydrogens is 362 g/mol. The number of aliphatic imine (C=N–C) groups is 1. The molecule has 1 aromatic rings.